The normalized spacial score (nSPS) is 12.1. The molecule has 0 bridgehead atoms. The Hall–Kier alpha value is 0.0169. The zero-order valence-electron chi connectivity index (χ0n) is 7.22. The Kier molecular flexibility index (Phi) is 3.21. The molecule has 0 fully saturated rings. The van der Waals surface area contributed by atoms with Crippen LogP contribution in [-0.4, -0.2) is 7.42 Å². The summed E-state index contributed by atoms with van der Waals surface area (Å²) in [5, 5.41) is -0.0373. The Balaban J connectivity index is 2.98. The summed E-state index contributed by atoms with van der Waals surface area (Å²) in [4.78, 5) is 0. The molecule has 1 rings (SSSR count). The first-order valence-electron chi connectivity index (χ1n) is 3.89. The average Bonchev–Trinajstić information content (AvgIpc) is 2.06. The van der Waals surface area contributed by atoms with E-state index in [2.05, 4.69) is 26.0 Å². The van der Waals surface area contributed by atoms with Gasteiger partial charge in [-0.05, 0) is 5.56 Å². The molecule has 0 aliphatic rings. The SMILES string of the molecule is CC(C)(c1ccccc1)[SiH](Cl)Cl. The van der Waals surface area contributed by atoms with Gasteiger partial charge in [0.25, 0.3) is 0 Å². The van der Waals surface area contributed by atoms with Crippen molar-refractivity contribution >= 4 is 29.6 Å². The first-order valence-corrected chi connectivity index (χ1v) is 7.95. The van der Waals surface area contributed by atoms with E-state index in [1.807, 2.05) is 18.2 Å². The number of hydrogen-bond donors (Lipinski definition) is 0. The monoisotopic (exact) mass is 218 g/mol. The van der Waals surface area contributed by atoms with Crippen LogP contribution in [0.5, 0.6) is 0 Å². The summed E-state index contributed by atoms with van der Waals surface area (Å²) in [6.45, 7) is 4.19. The van der Waals surface area contributed by atoms with Gasteiger partial charge in [-0.2, -0.15) is 0 Å². The van der Waals surface area contributed by atoms with Crippen molar-refractivity contribution < 1.29 is 0 Å². The van der Waals surface area contributed by atoms with Crippen molar-refractivity contribution in [1.29, 1.82) is 0 Å². The van der Waals surface area contributed by atoms with Gasteiger partial charge in [-0.1, -0.05) is 44.2 Å². The molecule has 0 spiro atoms. The highest BCUT2D eigenvalue weighted by atomic mass is 35.7. The van der Waals surface area contributed by atoms with Gasteiger partial charge in [0.15, 0.2) is 0 Å². The second-order valence-electron chi connectivity index (χ2n) is 3.39. The van der Waals surface area contributed by atoms with E-state index in [4.69, 9.17) is 22.2 Å². The third-order valence-corrected chi connectivity index (χ3v) is 6.76. The highest BCUT2D eigenvalue weighted by molar-refractivity contribution is 7.34. The second-order valence-corrected chi connectivity index (χ2v) is 8.72. The van der Waals surface area contributed by atoms with Crippen LogP contribution in [0.15, 0.2) is 30.3 Å². The second kappa shape index (κ2) is 3.82. The van der Waals surface area contributed by atoms with Crippen molar-refractivity contribution in [3.8, 4) is 0 Å². The highest BCUT2D eigenvalue weighted by Gasteiger charge is 2.29. The summed E-state index contributed by atoms with van der Waals surface area (Å²) in [5.41, 5.74) is 1.23. The Morgan fingerprint density at radius 3 is 2.00 bits per heavy atom. The van der Waals surface area contributed by atoms with E-state index in [9.17, 15) is 0 Å². The van der Waals surface area contributed by atoms with Gasteiger partial charge in [0.05, 0.1) is 0 Å². The predicted molar refractivity (Wildman–Crippen MR) is 58.3 cm³/mol. The van der Waals surface area contributed by atoms with E-state index in [0.29, 0.717) is 0 Å². The number of hydrogen-bond acceptors (Lipinski definition) is 0. The molecule has 0 aliphatic heterocycles. The maximum absolute atomic E-state index is 6.01. The van der Waals surface area contributed by atoms with Crippen LogP contribution < -0.4 is 0 Å². The summed E-state index contributed by atoms with van der Waals surface area (Å²) in [6, 6.07) is 10.2. The van der Waals surface area contributed by atoms with Crippen molar-refractivity contribution in [2.45, 2.75) is 18.9 Å². The Bertz CT molecular complexity index is 244. The molecule has 0 saturated carbocycles. The minimum Gasteiger partial charge on any atom is -0.149 e. The molecule has 0 radical (unpaired) electrons. The third-order valence-electron chi connectivity index (χ3n) is 2.06. The van der Waals surface area contributed by atoms with Crippen LogP contribution in [-0.2, 0) is 5.04 Å². The lowest BCUT2D eigenvalue weighted by atomic mass is 10.0. The van der Waals surface area contributed by atoms with Crippen LogP contribution >= 0.6 is 22.2 Å². The molecule has 0 unspecified atom stereocenters. The maximum Gasteiger partial charge on any atom is 0.246 e. The van der Waals surface area contributed by atoms with Crippen LogP contribution in [0.2, 0.25) is 0 Å². The molecule has 0 N–H and O–H groups in total. The van der Waals surface area contributed by atoms with E-state index in [-0.39, 0.29) is 5.04 Å². The predicted octanol–water partition coefficient (Wildman–Crippen LogP) is 3.20. The molecular weight excluding hydrogens is 207 g/mol. The zero-order chi connectivity index (χ0) is 9.19. The molecule has 0 aromatic heterocycles. The first-order chi connectivity index (χ1) is 5.55. The minimum atomic E-state index is -1.66. The lowest BCUT2D eigenvalue weighted by molar-refractivity contribution is 0.755. The molecule has 0 amide bonds. The fraction of sp³-hybridized carbons (Fsp3) is 0.333. The summed E-state index contributed by atoms with van der Waals surface area (Å²) < 4.78 is 0. The molecule has 0 atom stereocenters. The lowest BCUT2D eigenvalue weighted by Gasteiger charge is -2.24. The van der Waals surface area contributed by atoms with Crippen molar-refractivity contribution in [2.24, 2.45) is 0 Å². The van der Waals surface area contributed by atoms with Crippen LogP contribution in [0.3, 0.4) is 0 Å². The molecular formula is C9H12Cl2Si. The van der Waals surface area contributed by atoms with Crippen LogP contribution in [0.25, 0.3) is 0 Å². The van der Waals surface area contributed by atoms with Crippen LogP contribution in [0, 0.1) is 0 Å². The Labute approximate surface area is 84.5 Å². The van der Waals surface area contributed by atoms with Gasteiger partial charge >= 0.3 is 0 Å². The highest BCUT2D eigenvalue weighted by Crippen LogP contribution is 2.29. The molecule has 0 aliphatic carbocycles. The quantitative estimate of drug-likeness (QED) is 0.529. The molecule has 3 heteroatoms. The van der Waals surface area contributed by atoms with Crippen LogP contribution in [0.4, 0.5) is 0 Å². The molecule has 12 heavy (non-hydrogen) atoms. The topological polar surface area (TPSA) is 0 Å². The number of rotatable bonds is 2. The van der Waals surface area contributed by atoms with Crippen molar-refractivity contribution in [3.63, 3.8) is 0 Å². The Morgan fingerprint density at radius 1 is 1.08 bits per heavy atom. The van der Waals surface area contributed by atoms with Gasteiger partial charge < -0.3 is 0 Å². The van der Waals surface area contributed by atoms with Gasteiger partial charge in [0.1, 0.15) is 0 Å². The molecule has 0 saturated heterocycles. The summed E-state index contributed by atoms with van der Waals surface area (Å²) in [7, 11) is -1.66. The fourth-order valence-corrected chi connectivity index (χ4v) is 2.19. The van der Waals surface area contributed by atoms with Crippen molar-refractivity contribution in [1.82, 2.24) is 0 Å². The van der Waals surface area contributed by atoms with Gasteiger partial charge in [-0.15, -0.1) is 22.2 Å². The van der Waals surface area contributed by atoms with Crippen molar-refractivity contribution in [2.75, 3.05) is 0 Å². The number of benzene rings is 1. The van der Waals surface area contributed by atoms with Gasteiger partial charge in [-0.3, -0.25) is 0 Å². The summed E-state index contributed by atoms with van der Waals surface area (Å²) in [6.07, 6.45) is 0. The lowest BCUT2D eigenvalue weighted by Crippen LogP contribution is -2.29. The van der Waals surface area contributed by atoms with E-state index >= 15 is 0 Å². The summed E-state index contributed by atoms with van der Waals surface area (Å²) in [5.74, 6) is 0. The molecule has 1 aromatic carbocycles. The average molecular weight is 219 g/mol. The molecule has 66 valence electrons. The maximum atomic E-state index is 6.01. The van der Waals surface area contributed by atoms with Gasteiger partial charge in [0, 0.05) is 5.04 Å². The van der Waals surface area contributed by atoms with Gasteiger partial charge in [-0.25, -0.2) is 0 Å². The van der Waals surface area contributed by atoms with Crippen molar-refractivity contribution in [3.05, 3.63) is 35.9 Å². The molecule has 0 heterocycles. The zero-order valence-corrected chi connectivity index (χ0v) is 9.89. The standard InChI is InChI=1S/C9H12Cl2Si/c1-9(2,12(10)11)8-6-4-3-5-7-8/h3-7,12H,1-2H3. The fourth-order valence-electron chi connectivity index (χ4n) is 0.994. The smallest absolute Gasteiger partial charge is 0.149 e. The van der Waals surface area contributed by atoms with E-state index in [1.165, 1.54) is 5.56 Å². The Morgan fingerprint density at radius 2 is 1.58 bits per heavy atom. The van der Waals surface area contributed by atoms with Gasteiger partial charge in [0.2, 0.25) is 7.42 Å². The summed E-state index contributed by atoms with van der Waals surface area (Å²) >= 11 is 12.0. The molecule has 1 aromatic rings. The van der Waals surface area contributed by atoms with E-state index < -0.39 is 7.42 Å². The van der Waals surface area contributed by atoms with E-state index in [0.717, 1.165) is 0 Å². The van der Waals surface area contributed by atoms with E-state index in [1.54, 1.807) is 0 Å². The number of halogens is 2. The third kappa shape index (κ3) is 2.03. The van der Waals surface area contributed by atoms with Crippen LogP contribution in [0.1, 0.15) is 19.4 Å². The minimum absolute atomic E-state index is 0.0373. The largest absolute Gasteiger partial charge is 0.246 e. The first kappa shape index (κ1) is 10.1. The molecule has 0 nitrogen and oxygen atoms in total.